The molecule has 3 aromatic rings. The van der Waals surface area contributed by atoms with Gasteiger partial charge in [-0.3, -0.25) is 4.79 Å². The van der Waals surface area contributed by atoms with E-state index in [0.717, 1.165) is 11.8 Å². The van der Waals surface area contributed by atoms with E-state index in [1.807, 2.05) is 0 Å². The number of rotatable bonds is 7. The third kappa shape index (κ3) is 3.57. The topological polar surface area (TPSA) is 111 Å². The third-order valence-corrected chi connectivity index (χ3v) is 4.42. The molecule has 3 rings (SSSR count). The first-order valence-corrected chi connectivity index (χ1v) is 8.89. The first-order valence-electron chi connectivity index (χ1n) is 7.91. The maximum absolute atomic E-state index is 12.7. The third-order valence-electron chi connectivity index (χ3n) is 3.60. The second-order valence-corrected chi connectivity index (χ2v) is 6.33. The van der Waals surface area contributed by atoms with Gasteiger partial charge >= 0.3 is 5.97 Å². The van der Waals surface area contributed by atoms with E-state index >= 15 is 0 Å². The molecule has 0 aliphatic rings. The van der Waals surface area contributed by atoms with Gasteiger partial charge in [-0.15, -0.1) is 10.2 Å². The summed E-state index contributed by atoms with van der Waals surface area (Å²) in [6.45, 7) is 5.44. The maximum Gasteiger partial charge on any atom is 0.340 e. The molecule has 0 aliphatic heterocycles. The second kappa shape index (κ2) is 7.61. The summed E-state index contributed by atoms with van der Waals surface area (Å²) in [6, 6.07) is 3.41. The number of esters is 1. The molecule has 8 nitrogen and oxygen atoms in total. The van der Waals surface area contributed by atoms with Crippen molar-refractivity contribution in [2.24, 2.45) is 0 Å². The molecule has 0 amide bonds. The summed E-state index contributed by atoms with van der Waals surface area (Å²) in [7, 11) is 0. The van der Waals surface area contributed by atoms with Crippen molar-refractivity contribution in [1.29, 1.82) is 0 Å². The number of nitrogens with zero attached hydrogens (tertiary/aromatic N) is 2. The minimum absolute atomic E-state index is 0.0460. The summed E-state index contributed by atoms with van der Waals surface area (Å²) in [4.78, 5) is 27.8. The molecule has 0 aliphatic carbocycles. The molecule has 0 atom stereocenters. The Kier molecular flexibility index (Phi) is 5.27. The summed E-state index contributed by atoms with van der Waals surface area (Å²) < 4.78 is 15.7. The molecular formula is C17H17N3O5S. The number of aryl methyl sites for hydroxylation is 2. The quantitative estimate of drug-likeness (QED) is 0.380. The lowest BCUT2D eigenvalue weighted by atomic mass is 10.1. The van der Waals surface area contributed by atoms with E-state index in [1.165, 1.54) is 6.26 Å². The molecule has 0 radical (unpaired) electrons. The number of H-pyrrole nitrogens is 1. The Bertz CT molecular complexity index is 927. The van der Waals surface area contributed by atoms with E-state index in [-0.39, 0.29) is 34.8 Å². The Morgan fingerprint density at radius 2 is 2.00 bits per heavy atom. The lowest BCUT2D eigenvalue weighted by Crippen LogP contribution is -2.13. The minimum atomic E-state index is -0.513. The molecule has 3 aromatic heterocycles. The second-order valence-electron chi connectivity index (χ2n) is 5.41. The van der Waals surface area contributed by atoms with Gasteiger partial charge in [0.15, 0.2) is 11.5 Å². The van der Waals surface area contributed by atoms with Gasteiger partial charge in [0.2, 0.25) is 0 Å². The van der Waals surface area contributed by atoms with Crippen LogP contribution in [0.25, 0.3) is 11.7 Å². The van der Waals surface area contributed by atoms with Crippen LogP contribution in [0.15, 0.2) is 32.5 Å². The van der Waals surface area contributed by atoms with Gasteiger partial charge in [0, 0.05) is 11.4 Å². The molecule has 0 saturated heterocycles. The number of hydrogen-bond donors (Lipinski definition) is 1. The average molecular weight is 375 g/mol. The van der Waals surface area contributed by atoms with Crippen LogP contribution >= 0.6 is 11.8 Å². The Morgan fingerprint density at radius 3 is 2.69 bits per heavy atom. The fourth-order valence-corrected chi connectivity index (χ4v) is 3.19. The minimum Gasteiger partial charge on any atom is -0.462 e. The average Bonchev–Trinajstić information content (AvgIpc) is 3.32. The van der Waals surface area contributed by atoms with E-state index in [0.29, 0.717) is 22.7 Å². The molecule has 3 heterocycles. The van der Waals surface area contributed by atoms with Gasteiger partial charge in [-0.1, -0.05) is 11.8 Å². The highest BCUT2D eigenvalue weighted by molar-refractivity contribution is 7.99. The summed E-state index contributed by atoms with van der Waals surface area (Å²) in [6.07, 6.45) is 1.50. The predicted octanol–water partition coefficient (Wildman–Crippen LogP) is 3.43. The van der Waals surface area contributed by atoms with Crippen LogP contribution in [0.2, 0.25) is 0 Å². The van der Waals surface area contributed by atoms with Gasteiger partial charge < -0.3 is 18.6 Å². The van der Waals surface area contributed by atoms with Crippen molar-refractivity contribution in [1.82, 2.24) is 15.2 Å². The zero-order valence-corrected chi connectivity index (χ0v) is 15.3. The fraction of sp³-hybridized carbons (Fsp3) is 0.294. The SMILES string of the molecule is CCOC(=O)c1c(C)[nH]c(C)c1C(=O)CSc1nnc(-c2ccco2)o1. The number of nitrogens with one attached hydrogen (secondary N) is 1. The predicted molar refractivity (Wildman–Crippen MR) is 93.3 cm³/mol. The Labute approximate surface area is 153 Å². The highest BCUT2D eigenvalue weighted by Gasteiger charge is 2.25. The van der Waals surface area contributed by atoms with E-state index in [2.05, 4.69) is 15.2 Å². The molecule has 0 bridgehead atoms. The number of hydrogen-bond acceptors (Lipinski definition) is 8. The first-order chi connectivity index (χ1) is 12.5. The summed E-state index contributed by atoms with van der Waals surface area (Å²) in [5, 5.41) is 8.01. The molecule has 9 heteroatoms. The number of carbonyl (C=O) groups is 2. The number of ketones is 1. The lowest BCUT2D eigenvalue weighted by molar-refractivity contribution is 0.0522. The van der Waals surface area contributed by atoms with Crippen molar-refractivity contribution in [3.8, 4) is 11.7 Å². The smallest absolute Gasteiger partial charge is 0.340 e. The normalized spacial score (nSPS) is 10.9. The number of carbonyl (C=O) groups excluding carboxylic acids is 2. The molecule has 1 N–H and O–H groups in total. The molecule has 0 unspecified atom stereocenters. The van der Waals surface area contributed by atoms with Crippen LogP contribution in [0.1, 0.15) is 39.0 Å². The van der Waals surface area contributed by atoms with Crippen molar-refractivity contribution in [2.75, 3.05) is 12.4 Å². The maximum atomic E-state index is 12.7. The molecule has 0 fully saturated rings. The largest absolute Gasteiger partial charge is 0.462 e. The van der Waals surface area contributed by atoms with Crippen LogP contribution < -0.4 is 0 Å². The summed E-state index contributed by atoms with van der Waals surface area (Å²) in [5.74, 6) is 0.00564. The van der Waals surface area contributed by atoms with Crippen LogP contribution in [0, 0.1) is 13.8 Å². The Morgan fingerprint density at radius 1 is 1.23 bits per heavy atom. The van der Waals surface area contributed by atoms with Gasteiger partial charge in [-0.25, -0.2) is 4.79 Å². The fourth-order valence-electron chi connectivity index (χ4n) is 2.56. The van der Waals surface area contributed by atoms with E-state index in [9.17, 15) is 9.59 Å². The van der Waals surface area contributed by atoms with Crippen LogP contribution in [0.5, 0.6) is 0 Å². The Hall–Kier alpha value is -2.81. The van der Waals surface area contributed by atoms with Gasteiger partial charge in [-0.05, 0) is 32.9 Å². The van der Waals surface area contributed by atoms with Crippen LogP contribution in [0.3, 0.4) is 0 Å². The van der Waals surface area contributed by atoms with Gasteiger partial charge in [0.1, 0.15) is 0 Å². The van der Waals surface area contributed by atoms with Crippen molar-refractivity contribution in [2.45, 2.75) is 26.0 Å². The van der Waals surface area contributed by atoms with E-state index in [4.69, 9.17) is 13.6 Å². The van der Waals surface area contributed by atoms with Crippen molar-refractivity contribution < 1.29 is 23.2 Å². The molecular weight excluding hydrogens is 358 g/mol. The highest BCUT2D eigenvalue weighted by Crippen LogP contribution is 2.26. The molecule has 26 heavy (non-hydrogen) atoms. The molecule has 0 spiro atoms. The van der Waals surface area contributed by atoms with Crippen LogP contribution in [0.4, 0.5) is 0 Å². The number of Topliss-reactive ketones (excluding diaryl/α,β-unsaturated/α-hetero) is 1. The van der Waals surface area contributed by atoms with Crippen LogP contribution in [-0.4, -0.2) is 39.3 Å². The van der Waals surface area contributed by atoms with E-state index in [1.54, 1.807) is 32.9 Å². The van der Waals surface area contributed by atoms with Gasteiger partial charge in [0.05, 0.1) is 29.7 Å². The van der Waals surface area contributed by atoms with Crippen molar-refractivity contribution >= 4 is 23.5 Å². The van der Waals surface area contributed by atoms with Gasteiger partial charge in [-0.2, -0.15) is 0 Å². The van der Waals surface area contributed by atoms with Crippen molar-refractivity contribution in [3.05, 3.63) is 40.9 Å². The summed E-state index contributed by atoms with van der Waals surface area (Å²) in [5.41, 5.74) is 1.83. The number of thioether (sulfide) groups is 1. The highest BCUT2D eigenvalue weighted by atomic mass is 32.2. The lowest BCUT2D eigenvalue weighted by Gasteiger charge is -2.05. The Balaban J connectivity index is 1.74. The zero-order valence-electron chi connectivity index (χ0n) is 14.5. The van der Waals surface area contributed by atoms with Gasteiger partial charge in [0.25, 0.3) is 11.1 Å². The first kappa shape index (κ1) is 18.0. The molecule has 0 saturated carbocycles. The monoisotopic (exact) mass is 375 g/mol. The van der Waals surface area contributed by atoms with Crippen molar-refractivity contribution in [3.63, 3.8) is 0 Å². The standard InChI is InChI=1S/C17H17N3O5S/c1-4-23-16(22)14-10(3)18-9(2)13(14)11(21)8-26-17-20-19-15(25-17)12-6-5-7-24-12/h5-7,18H,4,8H2,1-3H3. The number of aromatic nitrogens is 3. The number of furan rings is 1. The molecule has 136 valence electrons. The summed E-state index contributed by atoms with van der Waals surface area (Å²) >= 11 is 1.10. The zero-order chi connectivity index (χ0) is 18.7. The molecule has 0 aromatic carbocycles. The van der Waals surface area contributed by atoms with Crippen LogP contribution in [-0.2, 0) is 4.74 Å². The van der Waals surface area contributed by atoms with E-state index < -0.39 is 5.97 Å². The number of aromatic amines is 1. The number of ether oxygens (including phenoxy) is 1.